The van der Waals surface area contributed by atoms with E-state index in [-0.39, 0.29) is 22.5 Å². The quantitative estimate of drug-likeness (QED) is 0.249. The van der Waals surface area contributed by atoms with Gasteiger partial charge in [-0.15, -0.1) is 0 Å². The summed E-state index contributed by atoms with van der Waals surface area (Å²) in [5.41, 5.74) is -0.608. The summed E-state index contributed by atoms with van der Waals surface area (Å²) in [4.78, 5) is 28.8. The Morgan fingerprint density at radius 2 is 1.78 bits per heavy atom. The standard InChI is InChI=1S/C25H16Br2F3N3O4/c1-13(24(35)36)37-21-18(26)9-14(10-19(21)27)12-31-33-22(15-5-4-6-16(11-15)25(28,29)30)32-20-8-3-2-7-17(20)23(33)34/h2-13H,1H3,(H,35,36)/t13-/m0/s1. The van der Waals surface area contributed by atoms with Crippen LogP contribution in [0.4, 0.5) is 13.2 Å². The van der Waals surface area contributed by atoms with Crippen LogP contribution in [0.25, 0.3) is 22.3 Å². The van der Waals surface area contributed by atoms with Crippen LogP contribution in [0.1, 0.15) is 18.1 Å². The minimum Gasteiger partial charge on any atom is -0.479 e. The predicted molar refractivity (Wildman–Crippen MR) is 139 cm³/mol. The maximum atomic E-state index is 13.3. The van der Waals surface area contributed by atoms with Gasteiger partial charge < -0.3 is 9.84 Å². The third-order valence-corrected chi connectivity index (χ3v) is 6.37. The zero-order valence-corrected chi connectivity index (χ0v) is 22.0. The highest BCUT2D eigenvalue weighted by Gasteiger charge is 2.31. The molecule has 190 valence electrons. The average molecular weight is 639 g/mol. The van der Waals surface area contributed by atoms with Crippen molar-refractivity contribution in [1.29, 1.82) is 0 Å². The lowest BCUT2D eigenvalue weighted by atomic mass is 10.1. The van der Waals surface area contributed by atoms with Crippen LogP contribution in [0.5, 0.6) is 5.75 Å². The van der Waals surface area contributed by atoms with Crippen molar-refractivity contribution in [2.24, 2.45) is 5.10 Å². The van der Waals surface area contributed by atoms with Crippen LogP contribution in [0.2, 0.25) is 0 Å². The highest BCUT2D eigenvalue weighted by molar-refractivity contribution is 9.11. The van der Waals surface area contributed by atoms with E-state index >= 15 is 0 Å². The molecule has 0 saturated carbocycles. The summed E-state index contributed by atoms with van der Waals surface area (Å²) in [6.45, 7) is 1.38. The molecule has 4 aromatic rings. The van der Waals surface area contributed by atoms with E-state index in [2.05, 4.69) is 41.9 Å². The number of hydrogen-bond acceptors (Lipinski definition) is 5. The highest BCUT2D eigenvalue weighted by Crippen LogP contribution is 2.35. The zero-order valence-electron chi connectivity index (χ0n) is 18.8. The lowest BCUT2D eigenvalue weighted by molar-refractivity contribution is -0.144. The number of para-hydroxylation sites is 1. The van der Waals surface area contributed by atoms with Gasteiger partial charge in [-0.2, -0.15) is 22.9 Å². The summed E-state index contributed by atoms with van der Waals surface area (Å²) in [5, 5.41) is 13.6. The Morgan fingerprint density at radius 3 is 2.43 bits per heavy atom. The monoisotopic (exact) mass is 637 g/mol. The van der Waals surface area contributed by atoms with Crippen LogP contribution in [0.15, 0.2) is 79.5 Å². The third-order valence-electron chi connectivity index (χ3n) is 5.19. The van der Waals surface area contributed by atoms with Gasteiger partial charge in [-0.1, -0.05) is 24.3 Å². The topological polar surface area (TPSA) is 93.8 Å². The number of aliphatic carboxylic acids is 1. The molecule has 1 heterocycles. The predicted octanol–water partition coefficient (Wildman–Crippen LogP) is 6.34. The Labute approximate surface area is 224 Å². The van der Waals surface area contributed by atoms with Crippen LogP contribution < -0.4 is 10.3 Å². The maximum Gasteiger partial charge on any atom is 0.416 e. The first kappa shape index (κ1) is 26.6. The molecule has 0 unspecified atom stereocenters. The molecule has 0 spiro atoms. The van der Waals surface area contributed by atoms with E-state index in [1.165, 1.54) is 25.3 Å². The second kappa shape index (κ2) is 10.5. The molecule has 3 aromatic carbocycles. The van der Waals surface area contributed by atoms with Crippen molar-refractivity contribution in [2.75, 3.05) is 0 Å². The van der Waals surface area contributed by atoms with E-state index in [1.54, 1.807) is 36.4 Å². The van der Waals surface area contributed by atoms with Crippen molar-refractivity contribution >= 4 is 54.9 Å². The fourth-order valence-corrected chi connectivity index (χ4v) is 4.78. The third kappa shape index (κ3) is 5.75. The van der Waals surface area contributed by atoms with E-state index in [0.29, 0.717) is 20.0 Å². The number of carboxylic acids is 1. The number of benzene rings is 3. The smallest absolute Gasteiger partial charge is 0.416 e. The van der Waals surface area contributed by atoms with Gasteiger partial charge in [0, 0.05) is 5.56 Å². The number of hydrogen-bond donors (Lipinski definition) is 1. The van der Waals surface area contributed by atoms with Crippen LogP contribution in [-0.4, -0.2) is 33.1 Å². The number of aromatic nitrogens is 2. The van der Waals surface area contributed by atoms with Crippen molar-refractivity contribution < 1.29 is 27.8 Å². The van der Waals surface area contributed by atoms with Gasteiger partial charge in [0.15, 0.2) is 11.9 Å². The van der Waals surface area contributed by atoms with Crippen molar-refractivity contribution in [3.63, 3.8) is 0 Å². The minimum absolute atomic E-state index is 0.0589. The summed E-state index contributed by atoms with van der Waals surface area (Å²) < 4.78 is 47.3. The number of carbonyl (C=O) groups is 1. The van der Waals surface area contributed by atoms with Gasteiger partial charge in [-0.05, 0) is 80.7 Å². The van der Waals surface area contributed by atoms with Gasteiger partial charge in [-0.3, -0.25) is 4.79 Å². The maximum absolute atomic E-state index is 13.3. The molecule has 0 aliphatic heterocycles. The normalized spacial score (nSPS) is 12.7. The van der Waals surface area contributed by atoms with E-state index in [9.17, 15) is 22.8 Å². The number of ether oxygens (including phenoxy) is 1. The molecule has 0 saturated heterocycles. The molecule has 0 fully saturated rings. The highest BCUT2D eigenvalue weighted by atomic mass is 79.9. The molecule has 7 nitrogen and oxygen atoms in total. The SMILES string of the molecule is C[C@H](Oc1c(Br)cc(C=Nn2c(-c3cccc(C(F)(F)F)c3)nc3ccccc3c2=O)cc1Br)C(=O)O. The molecular weight excluding hydrogens is 623 g/mol. The Kier molecular flexibility index (Phi) is 7.51. The number of alkyl halides is 3. The second-order valence-corrected chi connectivity index (χ2v) is 9.51. The molecule has 37 heavy (non-hydrogen) atoms. The molecule has 1 aromatic heterocycles. The first-order chi connectivity index (χ1) is 17.5. The Morgan fingerprint density at radius 1 is 1.11 bits per heavy atom. The summed E-state index contributed by atoms with van der Waals surface area (Å²) in [6.07, 6.45) is -4.36. The summed E-state index contributed by atoms with van der Waals surface area (Å²) in [7, 11) is 0. The first-order valence-corrected chi connectivity index (χ1v) is 12.2. The molecule has 1 N–H and O–H groups in total. The van der Waals surface area contributed by atoms with Crippen LogP contribution in [0, 0.1) is 0 Å². The molecule has 0 bridgehead atoms. The summed E-state index contributed by atoms with van der Waals surface area (Å²) >= 11 is 6.66. The van der Waals surface area contributed by atoms with Crippen LogP contribution in [-0.2, 0) is 11.0 Å². The molecule has 0 aliphatic rings. The van der Waals surface area contributed by atoms with E-state index in [1.807, 2.05) is 0 Å². The molecule has 12 heteroatoms. The second-order valence-electron chi connectivity index (χ2n) is 7.80. The molecule has 0 aliphatic carbocycles. The lowest BCUT2D eigenvalue weighted by Gasteiger charge is -2.14. The number of rotatable bonds is 6. The molecule has 0 radical (unpaired) electrons. The number of carboxylic acid groups (broad SMARTS) is 1. The Hall–Kier alpha value is -3.51. The van der Waals surface area contributed by atoms with Gasteiger partial charge in [0.05, 0.1) is 31.6 Å². The van der Waals surface area contributed by atoms with E-state index < -0.39 is 29.4 Å². The van der Waals surface area contributed by atoms with Crippen LogP contribution >= 0.6 is 31.9 Å². The molecule has 0 amide bonds. The molecular formula is C25H16Br2F3N3O4. The molecule has 4 rings (SSSR count). The Bertz CT molecular complexity index is 1580. The van der Waals surface area contributed by atoms with Gasteiger partial charge in [0.2, 0.25) is 0 Å². The van der Waals surface area contributed by atoms with Gasteiger partial charge in [-0.25, -0.2) is 9.78 Å². The van der Waals surface area contributed by atoms with Gasteiger partial charge >= 0.3 is 12.1 Å². The lowest BCUT2D eigenvalue weighted by Crippen LogP contribution is -2.23. The fraction of sp³-hybridized carbons (Fsp3) is 0.120. The van der Waals surface area contributed by atoms with Gasteiger partial charge in [0.1, 0.15) is 5.75 Å². The number of nitrogens with zero attached hydrogens (tertiary/aromatic N) is 3. The van der Waals surface area contributed by atoms with Crippen molar-refractivity contribution in [3.05, 3.63) is 91.1 Å². The number of fused-ring (bicyclic) bond motifs is 1. The minimum atomic E-state index is -4.58. The largest absolute Gasteiger partial charge is 0.479 e. The molecule has 1 atom stereocenters. The van der Waals surface area contributed by atoms with Crippen molar-refractivity contribution in [2.45, 2.75) is 19.2 Å². The summed E-state index contributed by atoms with van der Waals surface area (Å²) in [6, 6.07) is 14.1. The zero-order chi connectivity index (χ0) is 26.9. The van der Waals surface area contributed by atoms with Crippen molar-refractivity contribution in [1.82, 2.24) is 9.66 Å². The van der Waals surface area contributed by atoms with Crippen molar-refractivity contribution in [3.8, 4) is 17.1 Å². The van der Waals surface area contributed by atoms with Gasteiger partial charge in [0.25, 0.3) is 5.56 Å². The van der Waals surface area contributed by atoms with Crippen LogP contribution in [0.3, 0.4) is 0 Å². The summed E-state index contributed by atoms with van der Waals surface area (Å²) in [5.74, 6) is -0.963. The van der Waals surface area contributed by atoms with E-state index in [4.69, 9.17) is 9.84 Å². The number of halogens is 5. The first-order valence-electron chi connectivity index (χ1n) is 10.6. The fourth-order valence-electron chi connectivity index (χ4n) is 3.37. The average Bonchev–Trinajstić information content (AvgIpc) is 2.85. The Balaban J connectivity index is 1.83. The van der Waals surface area contributed by atoms with E-state index in [0.717, 1.165) is 16.8 Å².